The van der Waals surface area contributed by atoms with Gasteiger partial charge in [0, 0.05) is 38.1 Å². The van der Waals surface area contributed by atoms with Crippen molar-refractivity contribution in [3.8, 4) is 11.5 Å². The molecule has 4 aromatic rings. The number of ether oxygens (including phenoxy) is 2. The van der Waals surface area contributed by atoms with Gasteiger partial charge in [-0.25, -0.2) is 4.79 Å². The lowest BCUT2D eigenvalue weighted by molar-refractivity contribution is 0.0633. The molecule has 6 rings (SSSR count). The monoisotopic (exact) mass is 448 g/mol. The summed E-state index contributed by atoms with van der Waals surface area (Å²) in [5.74, 6) is 1.55. The number of rotatable bonds is 3. The first-order valence-electron chi connectivity index (χ1n) is 10.5. The molecule has 0 unspecified atom stereocenters. The second-order valence-corrected chi connectivity index (χ2v) is 9.05. The van der Waals surface area contributed by atoms with Crippen molar-refractivity contribution in [2.75, 3.05) is 33.0 Å². The smallest absolute Gasteiger partial charge is 0.345 e. The van der Waals surface area contributed by atoms with Gasteiger partial charge in [-0.15, -0.1) is 11.3 Å². The first-order valence-corrected chi connectivity index (χ1v) is 11.3. The Kier molecular flexibility index (Phi) is 4.62. The van der Waals surface area contributed by atoms with Gasteiger partial charge >= 0.3 is 5.63 Å². The van der Waals surface area contributed by atoms with Crippen molar-refractivity contribution in [1.29, 1.82) is 0 Å². The molecule has 0 aliphatic carbocycles. The number of nitrogens with zero attached hydrogens (tertiary/aromatic N) is 2. The van der Waals surface area contributed by atoms with E-state index in [0.29, 0.717) is 28.9 Å². The number of carbonyl (C=O) groups is 1. The molecule has 0 saturated carbocycles. The standard InChI is InChI=1S/C24H20N2O5S/c27-23(21-12-17-22(32-21)16-3-1-2-4-18(16)31-24(17)28)26-9-7-25(8-10-26)13-15-5-6-19-20(11-15)30-14-29-19/h1-6,11-12H,7-10,13-14H2. The van der Waals surface area contributed by atoms with Gasteiger partial charge in [0.05, 0.1) is 15.0 Å². The van der Waals surface area contributed by atoms with Crippen molar-refractivity contribution in [1.82, 2.24) is 9.80 Å². The highest BCUT2D eigenvalue weighted by Gasteiger charge is 2.25. The summed E-state index contributed by atoms with van der Waals surface area (Å²) in [6.07, 6.45) is 0. The summed E-state index contributed by atoms with van der Waals surface area (Å²) in [6, 6.07) is 15.1. The molecule has 0 N–H and O–H groups in total. The van der Waals surface area contributed by atoms with Crippen LogP contribution in [0.2, 0.25) is 0 Å². The first kappa shape index (κ1) is 19.3. The molecule has 0 atom stereocenters. The zero-order valence-electron chi connectivity index (χ0n) is 17.2. The van der Waals surface area contributed by atoms with E-state index in [1.54, 1.807) is 12.1 Å². The Labute approximate surface area is 187 Å². The fourth-order valence-electron chi connectivity index (χ4n) is 4.31. The summed E-state index contributed by atoms with van der Waals surface area (Å²) in [4.78, 5) is 30.3. The topological polar surface area (TPSA) is 72.2 Å². The molecule has 162 valence electrons. The molecular weight excluding hydrogens is 428 g/mol. The number of amides is 1. The highest BCUT2D eigenvalue weighted by molar-refractivity contribution is 7.21. The summed E-state index contributed by atoms with van der Waals surface area (Å²) >= 11 is 1.37. The van der Waals surface area contributed by atoms with Crippen LogP contribution in [0, 0.1) is 0 Å². The number of benzene rings is 2. The zero-order valence-corrected chi connectivity index (χ0v) is 18.0. The van der Waals surface area contributed by atoms with Gasteiger partial charge in [-0.3, -0.25) is 9.69 Å². The van der Waals surface area contributed by atoms with E-state index >= 15 is 0 Å². The maximum atomic E-state index is 13.2. The molecule has 0 radical (unpaired) electrons. The Balaban J connectivity index is 1.17. The predicted octanol–water partition coefficient (Wildman–Crippen LogP) is 3.69. The average molecular weight is 449 g/mol. The molecular formula is C24H20N2O5S. The summed E-state index contributed by atoms with van der Waals surface area (Å²) in [5, 5.41) is 1.33. The van der Waals surface area contributed by atoms with Crippen molar-refractivity contribution in [2.45, 2.75) is 6.54 Å². The van der Waals surface area contributed by atoms with E-state index in [0.717, 1.165) is 46.8 Å². The van der Waals surface area contributed by atoms with Gasteiger partial charge in [-0.1, -0.05) is 18.2 Å². The van der Waals surface area contributed by atoms with E-state index in [2.05, 4.69) is 11.0 Å². The van der Waals surface area contributed by atoms with Crippen molar-refractivity contribution in [2.24, 2.45) is 0 Å². The van der Waals surface area contributed by atoms with Crippen LogP contribution in [0.15, 0.2) is 57.7 Å². The Morgan fingerprint density at radius 3 is 2.62 bits per heavy atom. The van der Waals surface area contributed by atoms with Crippen LogP contribution >= 0.6 is 11.3 Å². The quantitative estimate of drug-likeness (QED) is 0.445. The van der Waals surface area contributed by atoms with E-state index in [-0.39, 0.29) is 12.7 Å². The van der Waals surface area contributed by atoms with Gasteiger partial charge in [0.2, 0.25) is 6.79 Å². The highest BCUT2D eigenvalue weighted by atomic mass is 32.1. The van der Waals surface area contributed by atoms with Gasteiger partial charge in [-0.2, -0.15) is 0 Å². The van der Waals surface area contributed by atoms with E-state index in [1.165, 1.54) is 11.3 Å². The van der Waals surface area contributed by atoms with Crippen LogP contribution in [0.1, 0.15) is 15.2 Å². The average Bonchev–Trinajstić information content (AvgIpc) is 3.47. The van der Waals surface area contributed by atoms with Crippen LogP contribution < -0.4 is 15.1 Å². The zero-order chi connectivity index (χ0) is 21.7. The molecule has 1 amide bonds. The lowest BCUT2D eigenvalue weighted by Crippen LogP contribution is -2.48. The van der Waals surface area contributed by atoms with Crippen molar-refractivity contribution >= 4 is 38.3 Å². The molecule has 1 saturated heterocycles. The number of carbonyl (C=O) groups excluding carboxylic acids is 1. The molecule has 4 heterocycles. The number of hydrogen-bond donors (Lipinski definition) is 0. The Hall–Kier alpha value is -3.36. The molecule has 32 heavy (non-hydrogen) atoms. The van der Waals surface area contributed by atoms with Crippen molar-refractivity contribution < 1.29 is 18.7 Å². The number of piperazine rings is 1. The minimum absolute atomic E-state index is 0.0302. The summed E-state index contributed by atoms with van der Waals surface area (Å²) in [5.41, 5.74) is 1.31. The first-order chi connectivity index (χ1) is 15.7. The van der Waals surface area contributed by atoms with E-state index in [4.69, 9.17) is 13.9 Å². The third kappa shape index (κ3) is 3.32. The van der Waals surface area contributed by atoms with Gasteiger partial charge < -0.3 is 18.8 Å². The van der Waals surface area contributed by atoms with Crippen molar-refractivity contribution in [3.05, 3.63) is 69.4 Å². The summed E-state index contributed by atoms with van der Waals surface area (Å²) in [7, 11) is 0. The van der Waals surface area contributed by atoms with Crippen LogP contribution in [0.25, 0.3) is 21.1 Å². The lowest BCUT2D eigenvalue weighted by atomic mass is 10.1. The number of thiophene rings is 1. The van der Waals surface area contributed by atoms with Crippen LogP contribution in [-0.2, 0) is 6.54 Å². The van der Waals surface area contributed by atoms with Gasteiger partial charge in [0.1, 0.15) is 5.58 Å². The minimum Gasteiger partial charge on any atom is -0.454 e. The normalized spacial score (nSPS) is 16.2. The molecule has 2 aromatic carbocycles. The fraction of sp³-hybridized carbons (Fsp3) is 0.250. The Bertz CT molecular complexity index is 1400. The molecule has 1 fully saturated rings. The highest BCUT2D eigenvalue weighted by Crippen LogP contribution is 2.33. The molecule has 0 bridgehead atoms. The molecule has 8 heteroatoms. The van der Waals surface area contributed by atoms with Gasteiger partial charge in [0.25, 0.3) is 5.91 Å². The maximum Gasteiger partial charge on any atom is 0.345 e. The summed E-state index contributed by atoms with van der Waals surface area (Å²) in [6.45, 7) is 3.94. The lowest BCUT2D eigenvalue weighted by Gasteiger charge is -2.34. The number of hydrogen-bond acceptors (Lipinski definition) is 7. The molecule has 2 aliphatic heterocycles. The van der Waals surface area contributed by atoms with Gasteiger partial charge in [-0.05, 0) is 35.9 Å². The third-order valence-corrected chi connectivity index (χ3v) is 7.16. The second kappa shape index (κ2) is 7.65. The van der Waals surface area contributed by atoms with Crippen LogP contribution in [0.3, 0.4) is 0 Å². The number of para-hydroxylation sites is 1. The molecule has 0 spiro atoms. The summed E-state index contributed by atoms with van der Waals surface area (Å²) < 4.78 is 17.1. The van der Waals surface area contributed by atoms with Crippen LogP contribution in [-0.4, -0.2) is 48.7 Å². The van der Waals surface area contributed by atoms with Crippen LogP contribution in [0.5, 0.6) is 11.5 Å². The van der Waals surface area contributed by atoms with E-state index < -0.39 is 5.63 Å². The largest absolute Gasteiger partial charge is 0.454 e. The Morgan fingerprint density at radius 2 is 1.75 bits per heavy atom. The van der Waals surface area contributed by atoms with Crippen LogP contribution in [0.4, 0.5) is 0 Å². The fourth-order valence-corrected chi connectivity index (χ4v) is 5.45. The van der Waals surface area contributed by atoms with Gasteiger partial charge in [0.15, 0.2) is 11.5 Å². The maximum absolute atomic E-state index is 13.2. The number of fused-ring (bicyclic) bond motifs is 4. The molecule has 2 aliphatic rings. The van der Waals surface area contributed by atoms with E-state index in [9.17, 15) is 9.59 Å². The minimum atomic E-state index is -0.400. The third-order valence-electron chi connectivity index (χ3n) is 6.00. The Morgan fingerprint density at radius 1 is 0.938 bits per heavy atom. The second-order valence-electron chi connectivity index (χ2n) is 8.00. The SMILES string of the molecule is O=C(c1cc2c(=O)oc3ccccc3c2s1)N1CCN(Cc2ccc3c(c2)OCO3)CC1. The molecule has 2 aromatic heterocycles. The van der Waals surface area contributed by atoms with E-state index in [1.807, 2.05) is 35.2 Å². The molecule has 7 nitrogen and oxygen atoms in total. The predicted molar refractivity (Wildman–Crippen MR) is 122 cm³/mol. The van der Waals surface area contributed by atoms with Crippen molar-refractivity contribution in [3.63, 3.8) is 0 Å².